The normalized spacial score (nSPS) is 16.8. The standard InChI is InChI=1S/C33H42N4O8Si/c1-5-33(42)24-17-26-29-20(18-37(26)30(39)23(24)19-44-31(33)40)16-22-21(13-15-46(2,3)4)27(12-11-25(22)35-29)45-32(41)34-14-9-7-6-8-10-28(38)36-43/h11-12,16-17,42-43H,5-10,13-15,18-19H2,1-4H3,(H,34,41)(H,36,38)/t33-/m0/s1. The minimum atomic E-state index is -1.89. The average Bonchev–Trinajstić information content (AvgIpc) is 3.38. The van der Waals surface area contributed by atoms with Gasteiger partial charge in [0, 0.05) is 43.1 Å². The Kier molecular flexibility index (Phi) is 9.66. The van der Waals surface area contributed by atoms with E-state index in [1.165, 1.54) is 0 Å². The highest BCUT2D eigenvalue weighted by Crippen LogP contribution is 2.40. The van der Waals surface area contributed by atoms with Gasteiger partial charge in [-0.15, -0.1) is 0 Å². The maximum Gasteiger partial charge on any atom is 0.412 e. The van der Waals surface area contributed by atoms with Crippen LogP contribution in [0.2, 0.25) is 25.7 Å². The number of rotatable bonds is 12. The number of cyclic esters (lactones) is 1. The van der Waals surface area contributed by atoms with Crippen LogP contribution in [-0.4, -0.2) is 52.5 Å². The van der Waals surface area contributed by atoms with Crippen molar-refractivity contribution in [1.82, 2.24) is 20.3 Å². The average molecular weight is 651 g/mol. The number of aromatic nitrogens is 2. The highest BCUT2D eigenvalue weighted by molar-refractivity contribution is 6.76. The van der Waals surface area contributed by atoms with Gasteiger partial charge < -0.3 is 24.5 Å². The molecule has 3 aromatic rings. The molecule has 0 bridgehead atoms. The first-order chi connectivity index (χ1) is 21.9. The van der Waals surface area contributed by atoms with Crippen LogP contribution in [0.15, 0.2) is 29.1 Å². The number of hydrogen-bond donors (Lipinski definition) is 4. The first kappa shape index (κ1) is 33.3. The molecular formula is C33H42N4O8Si. The third kappa shape index (κ3) is 6.71. The fraction of sp³-hybridized carbons (Fsp3) is 0.485. The van der Waals surface area contributed by atoms with Crippen molar-refractivity contribution in [2.24, 2.45) is 0 Å². The number of carbonyl (C=O) groups excluding carboxylic acids is 3. The molecule has 246 valence electrons. The van der Waals surface area contributed by atoms with Crippen LogP contribution in [0.25, 0.3) is 22.3 Å². The first-order valence-corrected chi connectivity index (χ1v) is 19.6. The van der Waals surface area contributed by atoms with Crippen LogP contribution < -0.4 is 21.1 Å². The second-order valence-corrected chi connectivity index (χ2v) is 18.9. The van der Waals surface area contributed by atoms with Gasteiger partial charge in [0.15, 0.2) is 5.60 Å². The largest absolute Gasteiger partial charge is 0.458 e. The predicted octanol–water partition coefficient (Wildman–Crippen LogP) is 4.50. The van der Waals surface area contributed by atoms with Crippen LogP contribution in [0.1, 0.15) is 67.7 Å². The van der Waals surface area contributed by atoms with E-state index in [9.17, 15) is 24.3 Å². The summed E-state index contributed by atoms with van der Waals surface area (Å²) >= 11 is 0. The molecule has 0 radical (unpaired) electrons. The Labute approximate surface area is 268 Å². The van der Waals surface area contributed by atoms with E-state index in [1.807, 2.05) is 6.07 Å². The van der Waals surface area contributed by atoms with Crippen LogP contribution in [-0.2, 0) is 39.5 Å². The van der Waals surface area contributed by atoms with E-state index in [0.717, 1.165) is 41.8 Å². The van der Waals surface area contributed by atoms with Crippen molar-refractivity contribution >= 4 is 36.9 Å². The Bertz CT molecular complexity index is 1750. The smallest absolute Gasteiger partial charge is 0.412 e. The number of ether oxygens (including phenoxy) is 2. The summed E-state index contributed by atoms with van der Waals surface area (Å²) in [7, 11) is -1.48. The van der Waals surface area contributed by atoms with E-state index < -0.39 is 31.6 Å². The predicted molar refractivity (Wildman–Crippen MR) is 173 cm³/mol. The quantitative estimate of drug-likeness (QED) is 0.0567. The number of esters is 1. The Morgan fingerprint density at radius 1 is 1.13 bits per heavy atom. The summed E-state index contributed by atoms with van der Waals surface area (Å²) in [4.78, 5) is 55.0. The number of nitrogens with one attached hydrogen (secondary N) is 2. The molecule has 13 heteroatoms. The van der Waals surface area contributed by atoms with Gasteiger partial charge >= 0.3 is 12.1 Å². The number of hydrogen-bond acceptors (Lipinski definition) is 9. The number of benzene rings is 1. The second-order valence-electron chi connectivity index (χ2n) is 13.3. The SMILES string of the molecule is CC[C@@]1(O)C(=O)OCc2c1cc1n(c2=O)Cc2cc3c(CC[Si](C)(C)C)c(OC(=O)NCCCCCCC(=O)NO)ccc3nc2-1. The molecule has 0 unspecified atom stereocenters. The lowest BCUT2D eigenvalue weighted by Crippen LogP contribution is -2.44. The van der Waals surface area contributed by atoms with Gasteiger partial charge in [0.1, 0.15) is 12.4 Å². The number of hydroxylamine groups is 1. The molecule has 2 amide bonds. The van der Waals surface area contributed by atoms with Gasteiger partial charge in [-0.25, -0.2) is 20.1 Å². The molecule has 1 atom stereocenters. The molecule has 0 aliphatic carbocycles. The lowest BCUT2D eigenvalue weighted by molar-refractivity contribution is -0.172. The Morgan fingerprint density at radius 2 is 1.89 bits per heavy atom. The maximum atomic E-state index is 13.6. The number of amides is 2. The van der Waals surface area contributed by atoms with Crippen LogP contribution in [0.5, 0.6) is 5.75 Å². The molecule has 4 heterocycles. The summed E-state index contributed by atoms with van der Waals surface area (Å²) in [6, 6.07) is 8.24. The van der Waals surface area contributed by atoms with Crippen molar-refractivity contribution in [1.29, 1.82) is 0 Å². The maximum absolute atomic E-state index is 13.6. The van der Waals surface area contributed by atoms with Crippen molar-refractivity contribution in [2.45, 2.75) is 96.3 Å². The van der Waals surface area contributed by atoms with E-state index in [1.54, 1.807) is 35.2 Å². The molecule has 0 saturated carbocycles. The van der Waals surface area contributed by atoms with Crippen LogP contribution in [0.4, 0.5) is 4.79 Å². The van der Waals surface area contributed by atoms with E-state index in [-0.39, 0.29) is 42.7 Å². The van der Waals surface area contributed by atoms with E-state index in [2.05, 4.69) is 25.0 Å². The number of pyridine rings is 2. The number of aryl methyl sites for hydroxylation is 1. The Morgan fingerprint density at radius 3 is 2.61 bits per heavy atom. The molecule has 4 N–H and O–H groups in total. The second kappa shape index (κ2) is 13.3. The molecule has 5 rings (SSSR count). The molecule has 0 fully saturated rings. The molecule has 0 saturated heterocycles. The minimum absolute atomic E-state index is 0.0715. The molecule has 0 spiro atoms. The number of unbranched alkanes of at least 4 members (excludes halogenated alkanes) is 3. The van der Waals surface area contributed by atoms with E-state index >= 15 is 0 Å². The summed E-state index contributed by atoms with van der Waals surface area (Å²) in [6.45, 7) is 9.06. The number of nitrogens with zero attached hydrogens (tertiary/aromatic N) is 2. The van der Waals surface area contributed by atoms with Crippen molar-refractivity contribution in [3.63, 3.8) is 0 Å². The van der Waals surface area contributed by atoms with Crippen molar-refractivity contribution in [3.8, 4) is 17.1 Å². The van der Waals surface area contributed by atoms with E-state index in [0.29, 0.717) is 42.0 Å². The molecule has 12 nitrogen and oxygen atoms in total. The monoisotopic (exact) mass is 650 g/mol. The molecule has 1 aromatic carbocycles. The van der Waals surface area contributed by atoms with Crippen molar-refractivity contribution in [3.05, 3.63) is 56.9 Å². The fourth-order valence-corrected chi connectivity index (χ4v) is 7.09. The summed E-state index contributed by atoms with van der Waals surface area (Å²) in [6.07, 6.45) is 3.49. The molecule has 2 aromatic heterocycles. The number of carbonyl (C=O) groups is 3. The van der Waals surface area contributed by atoms with E-state index in [4.69, 9.17) is 19.7 Å². The zero-order chi connectivity index (χ0) is 33.2. The topological polar surface area (TPSA) is 169 Å². The first-order valence-electron chi connectivity index (χ1n) is 15.9. The van der Waals surface area contributed by atoms with Crippen LogP contribution >= 0.6 is 0 Å². The zero-order valence-electron chi connectivity index (χ0n) is 26.8. The van der Waals surface area contributed by atoms with Crippen molar-refractivity contribution < 1.29 is 34.2 Å². The highest BCUT2D eigenvalue weighted by Gasteiger charge is 2.45. The number of fused-ring (bicyclic) bond motifs is 5. The zero-order valence-corrected chi connectivity index (χ0v) is 27.8. The molecule has 2 aliphatic heterocycles. The van der Waals surface area contributed by atoms with Gasteiger partial charge in [-0.3, -0.25) is 14.8 Å². The van der Waals surface area contributed by atoms with Crippen LogP contribution in [0.3, 0.4) is 0 Å². The summed E-state index contributed by atoms with van der Waals surface area (Å²) in [5.41, 5.74) is 3.52. The van der Waals surface area contributed by atoms with Gasteiger partial charge in [0.25, 0.3) is 5.56 Å². The number of aliphatic hydroxyl groups is 1. The van der Waals surface area contributed by atoms with Gasteiger partial charge in [-0.05, 0) is 49.9 Å². The third-order valence-electron chi connectivity index (χ3n) is 8.81. The van der Waals surface area contributed by atoms with Gasteiger partial charge in [-0.1, -0.05) is 45.5 Å². The lowest BCUT2D eigenvalue weighted by atomic mass is 9.86. The minimum Gasteiger partial charge on any atom is -0.458 e. The molecule has 46 heavy (non-hydrogen) atoms. The third-order valence-corrected chi connectivity index (χ3v) is 10.6. The summed E-state index contributed by atoms with van der Waals surface area (Å²) in [5.74, 6) is -0.700. The molecular weight excluding hydrogens is 608 g/mol. The van der Waals surface area contributed by atoms with Gasteiger partial charge in [0.2, 0.25) is 5.91 Å². The van der Waals surface area contributed by atoms with Gasteiger partial charge in [0.05, 0.1) is 29.0 Å². The van der Waals surface area contributed by atoms with Crippen LogP contribution in [0, 0.1) is 0 Å². The Hall–Kier alpha value is -4.07. The fourth-order valence-electron chi connectivity index (χ4n) is 6.09. The highest BCUT2D eigenvalue weighted by atomic mass is 28.3. The van der Waals surface area contributed by atoms with Crippen molar-refractivity contribution in [2.75, 3.05) is 6.54 Å². The summed E-state index contributed by atoms with van der Waals surface area (Å²) < 4.78 is 12.6. The molecule has 2 aliphatic rings. The lowest BCUT2D eigenvalue weighted by Gasteiger charge is -2.31. The Balaban J connectivity index is 1.41. The summed E-state index contributed by atoms with van der Waals surface area (Å²) in [5, 5.41) is 23.4. The van der Waals surface area contributed by atoms with Gasteiger partial charge in [-0.2, -0.15) is 0 Å².